The van der Waals surface area contributed by atoms with Crippen LogP contribution in [0.25, 0.3) is 0 Å². The van der Waals surface area contributed by atoms with Crippen molar-refractivity contribution in [3.8, 4) is 6.07 Å². The number of esters is 1. The predicted octanol–water partition coefficient (Wildman–Crippen LogP) is 3.26. The van der Waals surface area contributed by atoms with E-state index in [1.54, 1.807) is 6.07 Å². The van der Waals surface area contributed by atoms with E-state index in [1.165, 1.54) is 0 Å². The highest BCUT2D eigenvalue weighted by Crippen LogP contribution is 2.33. The number of hydrogen-bond donors (Lipinski definition) is 0. The van der Waals surface area contributed by atoms with Crippen LogP contribution in [0.5, 0.6) is 0 Å². The molecule has 0 saturated heterocycles. The normalized spacial score (nSPS) is 10.9. The molecule has 0 aliphatic rings. The lowest BCUT2D eigenvalue weighted by atomic mass is 9.99. The SMILES string of the molecule is COC(=O)c1c(C#N)cc(C(F)(F)F)cc1CBr. The molecule has 7 heteroatoms. The van der Waals surface area contributed by atoms with Crippen molar-refractivity contribution < 1.29 is 22.7 Å². The van der Waals surface area contributed by atoms with E-state index in [-0.39, 0.29) is 22.0 Å². The van der Waals surface area contributed by atoms with Crippen molar-refractivity contribution in [1.82, 2.24) is 0 Å². The monoisotopic (exact) mass is 321 g/mol. The molecular formula is C11H7BrF3NO2. The first-order chi connectivity index (χ1) is 8.35. The number of halogens is 4. The lowest BCUT2D eigenvalue weighted by molar-refractivity contribution is -0.137. The molecule has 0 aromatic heterocycles. The summed E-state index contributed by atoms with van der Waals surface area (Å²) in [4.78, 5) is 11.5. The summed E-state index contributed by atoms with van der Waals surface area (Å²) in [6, 6.07) is 3.03. The molecule has 0 bridgehead atoms. The Hall–Kier alpha value is -1.55. The van der Waals surface area contributed by atoms with Gasteiger partial charge in [-0.15, -0.1) is 0 Å². The molecular weight excluding hydrogens is 315 g/mol. The second-order valence-corrected chi connectivity index (χ2v) is 3.85. The van der Waals surface area contributed by atoms with E-state index in [2.05, 4.69) is 20.7 Å². The first-order valence-electron chi connectivity index (χ1n) is 4.63. The summed E-state index contributed by atoms with van der Waals surface area (Å²) in [6.07, 6.45) is -4.57. The van der Waals surface area contributed by atoms with Crippen molar-refractivity contribution in [2.75, 3.05) is 7.11 Å². The van der Waals surface area contributed by atoms with Crippen molar-refractivity contribution >= 4 is 21.9 Å². The van der Waals surface area contributed by atoms with Crippen LogP contribution in [0, 0.1) is 11.3 Å². The molecule has 0 radical (unpaired) electrons. The fourth-order valence-corrected chi connectivity index (χ4v) is 1.84. The second-order valence-electron chi connectivity index (χ2n) is 3.29. The van der Waals surface area contributed by atoms with Crippen LogP contribution in [0.1, 0.15) is 27.0 Å². The van der Waals surface area contributed by atoms with Gasteiger partial charge in [-0.05, 0) is 17.7 Å². The van der Waals surface area contributed by atoms with Crippen molar-refractivity contribution in [3.63, 3.8) is 0 Å². The highest BCUT2D eigenvalue weighted by molar-refractivity contribution is 9.08. The van der Waals surface area contributed by atoms with E-state index in [0.29, 0.717) is 6.07 Å². The first-order valence-corrected chi connectivity index (χ1v) is 5.75. The molecule has 0 atom stereocenters. The molecule has 0 spiro atoms. The van der Waals surface area contributed by atoms with E-state index < -0.39 is 17.7 Å². The quantitative estimate of drug-likeness (QED) is 0.620. The number of carbonyl (C=O) groups is 1. The van der Waals surface area contributed by atoms with Gasteiger partial charge < -0.3 is 4.74 Å². The Kier molecular flexibility index (Phi) is 4.35. The molecule has 0 aliphatic heterocycles. The minimum absolute atomic E-state index is 0.00995. The van der Waals surface area contributed by atoms with Gasteiger partial charge in [0, 0.05) is 5.33 Å². The highest BCUT2D eigenvalue weighted by Gasteiger charge is 2.33. The number of nitrogens with zero attached hydrogens (tertiary/aromatic N) is 1. The molecule has 0 unspecified atom stereocenters. The summed E-state index contributed by atoms with van der Waals surface area (Å²) in [5.41, 5.74) is -1.41. The summed E-state index contributed by atoms with van der Waals surface area (Å²) in [6.45, 7) is 0. The second kappa shape index (κ2) is 5.40. The molecule has 18 heavy (non-hydrogen) atoms. The van der Waals surface area contributed by atoms with Crippen LogP contribution >= 0.6 is 15.9 Å². The van der Waals surface area contributed by atoms with E-state index in [9.17, 15) is 18.0 Å². The smallest absolute Gasteiger partial charge is 0.416 e. The Labute approximate surface area is 109 Å². The Morgan fingerprint density at radius 1 is 1.50 bits per heavy atom. The number of hydrogen-bond acceptors (Lipinski definition) is 3. The maximum absolute atomic E-state index is 12.6. The van der Waals surface area contributed by atoms with E-state index in [1.807, 2.05) is 0 Å². The number of alkyl halides is 4. The standard InChI is InChI=1S/C11H7BrF3NO2/c1-18-10(17)9-6(4-12)2-8(11(13,14)15)3-7(9)5-16/h2-3H,4H2,1H3. The van der Waals surface area contributed by atoms with Crippen LogP contribution < -0.4 is 0 Å². The summed E-state index contributed by atoms with van der Waals surface area (Å²) < 4.78 is 42.2. The molecule has 0 aliphatic carbocycles. The summed E-state index contributed by atoms with van der Waals surface area (Å²) in [5.74, 6) is -0.838. The minimum Gasteiger partial charge on any atom is -0.465 e. The molecule has 1 rings (SSSR count). The Bertz CT molecular complexity index is 520. The number of benzene rings is 1. The van der Waals surface area contributed by atoms with Gasteiger partial charge in [-0.2, -0.15) is 18.4 Å². The van der Waals surface area contributed by atoms with Gasteiger partial charge in [0.2, 0.25) is 0 Å². The summed E-state index contributed by atoms with van der Waals surface area (Å²) in [7, 11) is 1.10. The summed E-state index contributed by atoms with van der Waals surface area (Å²) >= 11 is 2.99. The number of ether oxygens (including phenoxy) is 1. The molecule has 0 saturated carbocycles. The van der Waals surface area contributed by atoms with Gasteiger partial charge in [0.1, 0.15) is 6.07 Å². The van der Waals surface area contributed by atoms with Crippen LogP contribution in [0.4, 0.5) is 13.2 Å². The largest absolute Gasteiger partial charge is 0.465 e. The summed E-state index contributed by atoms with van der Waals surface area (Å²) in [5, 5.41) is 8.84. The van der Waals surface area contributed by atoms with Crippen LogP contribution in [0.2, 0.25) is 0 Å². The van der Waals surface area contributed by atoms with Crippen LogP contribution in [0.15, 0.2) is 12.1 Å². The van der Waals surface area contributed by atoms with Gasteiger partial charge in [-0.3, -0.25) is 0 Å². The number of carbonyl (C=O) groups excluding carboxylic acids is 1. The number of methoxy groups -OCH3 is 1. The number of nitriles is 1. The van der Waals surface area contributed by atoms with Gasteiger partial charge >= 0.3 is 12.1 Å². The zero-order valence-electron chi connectivity index (χ0n) is 9.14. The predicted molar refractivity (Wildman–Crippen MR) is 60.1 cm³/mol. The van der Waals surface area contributed by atoms with E-state index >= 15 is 0 Å². The average Bonchev–Trinajstić information content (AvgIpc) is 2.34. The Morgan fingerprint density at radius 2 is 2.11 bits per heavy atom. The lowest BCUT2D eigenvalue weighted by Gasteiger charge is -2.12. The number of rotatable bonds is 2. The van der Waals surface area contributed by atoms with Gasteiger partial charge in [0.25, 0.3) is 0 Å². The molecule has 0 fully saturated rings. The fraction of sp³-hybridized carbons (Fsp3) is 0.273. The average molecular weight is 322 g/mol. The molecule has 1 aromatic carbocycles. The van der Waals surface area contributed by atoms with Gasteiger partial charge in [0.05, 0.1) is 23.8 Å². The molecule has 96 valence electrons. The van der Waals surface area contributed by atoms with Crippen LogP contribution in [-0.4, -0.2) is 13.1 Å². The maximum atomic E-state index is 12.6. The Balaban J connectivity index is 3.55. The van der Waals surface area contributed by atoms with Crippen LogP contribution in [0.3, 0.4) is 0 Å². The molecule has 0 heterocycles. The van der Waals surface area contributed by atoms with Crippen molar-refractivity contribution in [1.29, 1.82) is 5.26 Å². The molecule has 3 nitrogen and oxygen atoms in total. The maximum Gasteiger partial charge on any atom is 0.416 e. The zero-order chi connectivity index (χ0) is 13.9. The third-order valence-electron chi connectivity index (χ3n) is 2.20. The molecule has 0 amide bonds. The van der Waals surface area contributed by atoms with E-state index in [0.717, 1.165) is 13.2 Å². The highest BCUT2D eigenvalue weighted by atomic mass is 79.9. The Morgan fingerprint density at radius 3 is 2.50 bits per heavy atom. The van der Waals surface area contributed by atoms with E-state index in [4.69, 9.17) is 5.26 Å². The first kappa shape index (κ1) is 14.5. The van der Waals surface area contributed by atoms with Gasteiger partial charge in [0.15, 0.2) is 0 Å². The third kappa shape index (κ3) is 2.82. The van der Waals surface area contributed by atoms with Crippen molar-refractivity contribution in [2.24, 2.45) is 0 Å². The molecule has 1 aromatic rings. The van der Waals surface area contributed by atoms with Gasteiger partial charge in [-0.1, -0.05) is 15.9 Å². The third-order valence-corrected chi connectivity index (χ3v) is 2.81. The lowest BCUT2D eigenvalue weighted by Crippen LogP contribution is -2.12. The van der Waals surface area contributed by atoms with Gasteiger partial charge in [-0.25, -0.2) is 4.79 Å². The topological polar surface area (TPSA) is 50.1 Å². The van der Waals surface area contributed by atoms with Crippen molar-refractivity contribution in [3.05, 3.63) is 34.4 Å². The zero-order valence-corrected chi connectivity index (χ0v) is 10.7. The fourth-order valence-electron chi connectivity index (χ4n) is 1.40. The van der Waals surface area contributed by atoms with Crippen molar-refractivity contribution in [2.45, 2.75) is 11.5 Å². The molecule has 0 N–H and O–H groups in total. The van der Waals surface area contributed by atoms with Crippen LogP contribution in [-0.2, 0) is 16.2 Å². The minimum atomic E-state index is -4.57.